The van der Waals surface area contributed by atoms with Crippen molar-refractivity contribution in [3.63, 3.8) is 0 Å². The third-order valence-electron chi connectivity index (χ3n) is 2.39. The summed E-state index contributed by atoms with van der Waals surface area (Å²) in [5.41, 5.74) is 0.702. The molecule has 0 saturated carbocycles. The van der Waals surface area contributed by atoms with Crippen molar-refractivity contribution in [1.29, 1.82) is 0 Å². The van der Waals surface area contributed by atoms with E-state index >= 15 is 0 Å². The molecule has 94 valence electrons. The maximum absolute atomic E-state index is 11.7. The van der Waals surface area contributed by atoms with Crippen LogP contribution in [0.25, 0.3) is 0 Å². The highest BCUT2D eigenvalue weighted by Gasteiger charge is 2.03. The van der Waals surface area contributed by atoms with Gasteiger partial charge in [-0.3, -0.25) is 4.79 Å². The molecule has 0 saturated heterocycles. The van der Waals surface area contributed by atoms with E-state index in [1.54, 1.807) is 18.0 Å². The van der Waals surface area contributed by atoms with Crippen LogP contribution in [-0.2, 0) is 5.75 Å². The summed E-state index contributed by atoms with van der Waals surface area (Å²) in [7, 11) is 0. The van der Waals surface area contributed by atoms with Crippen LogP contribution < -0.4 is 5.32 Å². The molecular formula is C14H15NO2S. The van der Waals surface area contributed by atoms with Crippen molar-refractivity contribution in [1.82, 2.24) is 5.32 Å². The van der Waals surface area contributed by atoms with Crippen molar-refractivity contribution in [2.75, 3.05) is 12.3 Å². The quantitative estimate of drug-likeness (QED) is 0.813. The minimum Gasteiger partial charge on any atom is -0.468 e. The number of amides is 1. The zero-order valence-corrected chi connectivity index (χ0v) is 10.8. The van der Waals surface area contributed by atoms with E-state index in [1.807, 2.05) is 42.5 Å². The molecular weight excluding hydrogens is 246 g/mol. The van der Waals surface area contributed by atoms with Gasteiger partial charge in [0.1, 0.15) is 5.76 Å². The SMILES string of the molecule is O=C(NCCSCc1ccco1)c1ccccc1. The number of thioether (sulfide) groups is 1. The average Bonchev–Trinajstić information content (AvgIpc) is 2.92. The van der Waals surface area contributed by atoms with Crippen LogP contribution in [-0.4, -0.2) is 18.2 Å². The summed E-state index contributed by atoms with van der Waals surface area (Å²) >= 11 is 1.74. The first-order valence-electron chi connectivity index (χ1n) is 5.79. The van der Waals surface area contributed by atoms with E-state index in [2.05, 4.69) is 5.32 Å². The van der Waals surface area contributed by atoms with Gasteiger partial charge < -0.3 is 9.73 Å². The van der Waals surface area contributed by atoms with Crippen molar-refractivity contribution in [2.24, 2.45) is 0 Å². The smallest absolute Gasteiger partial charge is 0.251 e. The lowest BCUT2D eigenvalue weighted by atomic mass is 10.2. The molecule has 1 N–H and O–H groups in total. The molecule has 0 spiro atoms. The van der Waals surface area contributed by atoms with Crippen LogP contribution in [0.4, 0.5) is 0 Å². The van der Waals surface area contributed by atoms with Crippen molar-refractivity contribution < 1.29 is 9.21 Å². The molecule has 0 aliphatic rings. The number of hydrogen-bond acceptors (Lipinski definition) is 3. The number of benzene rings is 1. The van der Waals surface area contributed by atoms with Crippen molar-refractivity contribution >= 4 is 17.7 Å². The van der Waals surface area contributed by atoms with Crippen LogP contribution in [0.5, 0.6) is 0 Å². The summed E-state index contributed by atoms with van der Waals surface area (Å²) in [4.78, 5) is 11.7. The molecule has 0 aliphatic heterocycles. The Morgan fingerprint density at radius 3 is 2.72 bits per heavy atom. The van der Waals surface area contributed by atoms with Crippen molar-refractivity contribution in [3.05, 3.63) is 60.1 Å². The van der Waals surface area contributed by atoms with Crippen LogP contribution in [0.1, 0.15) is 16.1 Å². The molecule has 0 atom stereocenters. The standard InChI is InChI=1S/C14H15NO2S/c16-14(12-5-2-1-3-6-12)15-8-10-18-11-13-7-4-9-17-13/h1-7,9H,8,10-11H2,(H,15,16). The van der Waals surface area contributed by atoms with Crippen molar-refractivity contribution in [3.8, 4) is 0 Å². The number of carbonyl (C=O) groups excluding carboxylic acids is 1. The van der Waals surface area contributed by atoms with Crippen LogP contribution in [0.15, 0.2) is 53.1 Å². The normalized spacial score (nSPS) is 10.2. The number of nitrogens with one attached hydrogen (secondary N) is 1. The van der Waals surface area contributed by atoms with Gasteiger partial charge in [0.25, 0.3) is 5.91 Å². The van der Waals surface area contributed by atoms with E-state index in [0.29, 0.717) is 12.1 Å². The summed E-state index contributed by atoms with van der Waals surface area (Å²) in [6.07, 6.45) is 1.67. The molecule has 0 radical (unpaired) electrons. The Morgan fingerprint density at radius 2 is 2.00 bits per heavy atom. The van der Waals surface area contributed by atoms with E-state index < -0.39 is 0 Å². The first-order chi connectivity index (χ1) is 8.86. The molecule has 1 heterocycles. The fraction of sp³-hybridized carbons (Fsp3) is 0.214. The van der Waals surface area contributed by atoms with Gasteiger partial charge in [-0.15, -0.1) is 0 Å². The largest absolute Gasteiger partial charge is 0.468 e. The first kappa shape index (κ1) is 12.8. The second-order valence-corrected chi connectivity index (χ2v) is 4.86. The molecule has 2 aromatic rings. The molecule has 0 bridgehead atoms. The number of hydrogen-bond donors (Lipinski definition) is 1. The van der Waals surface area contributed by atoms with E-state index in [1.165, 1.54) is 0 Å². The van der Waals surface area contributed by atoms with Crippen LogP contribution >= 0.6 is 11.8 Å². The van der Waals surface area contributed by atoms with Gasteiger partial charge in [-0.05, 0) is 24.3 Å². The van der Waals surface area contributed by atoms with Gasteiger partial charge in [-0.1, -0.05) is 18.2 Å². The number of furan rings is 1. The van der Waals surface area contributed by atoms with Gasteiger partial charge in [0, 0.05) is 17.9 Å². The Labute approximate surface area is 111 Å². The maximum atomic E-state index is 11.7. The minimum atomic E-state index is -0.0193. The summed E-state index contributed by atoms with van der Waals surface area (Å²) in [6, 6.07) is 13.1. The lowest BCUT2D eigenvalue weighted by molar-refractivity contribution is 0.0956. The minimum absolute atomic E-state index is 0.0193. The zero-order valence-electron chi connectivity index (χ0n) is 9.96. The van der Waals surface area contributed by atoms with Gasteiger partial charge >= 0.3 is 0 Å². The topological polar surface area (TPSA) is 42.2 Å². The van der Waals surface area contributed by atoms with E-state index in [9.17, 15) is 4.79 Å². The summed E-state index contributed by atoms with van der Waals surface area (Å²) < 4.78 is 5.22. The lowest BCUT2D eigenvalue weighted by Crippen LogP contribution is -2.25. The summed E-state index contributed by atoms with van der Waals surface area (Å²) in [5, 5.41) is 2.89. The van der Waals surface area contributed by atoms with Gasteiger partial charge in [-0.2, -0.15) is 11.8 Å². The Bertz CT molecular complexity index is 468. The Balaban J connectivity index is 1.62. The highest BCUT2D eigenvalue weighted by molar-refractivity contribution is 7.98. The van der Waals surface area contributed by atoms with E-state index in [4.69, 9.17) is 4.42 Å². The van der Waals surface area contributed by atoms with Crippen LogP contribution in [0.2, 0.25) is 0 Å². The molecule has 18 heavy (non-hydrogen) atoms. The molecule has 4 heteroatoms. The number of rotatable bonds is 6. The predicted octanol–water partition coefficient (Wildman–Crippen LogP) is 2.94. The highest BCUT2D eigenvalue weighted by Crippen LogP contribution is 2.11. The Morgan fingerprint density at radius 1 is 1.17 bits per heavy atom. The molecule has 0 unspecified atom stereocenters. The maximum Gasteiger partial charge on any atom is 0.251 e. The van der Waals surface area contributed by atoms with Gasteiger partial charge in [0.2, 0.25) is 0 Å². The second-order valence-electron chi connectivity index (χ2n) is 3.75. The Hall–Kier alpha value is -1.68. The first-order valence-corrected chi connectivity index (χ1v) is 6.95. The summed E-state index contributed by atoms with van der Waals surface area (Å²) in [5.74, 6) is 2.66. The average molecular weight is 261 g/mol. The molecule has 0 aliphatic carbocycles. The lowest BCUT2D eigenvalue weighted by Gasteiger charge is -2.04. The van der Waals surface area contributed by atoms with Gasteiger partial charge in [0.05, 0.1) is 12.0 Å². The fourth-order valence-corrected chi connectivity index (χ4v) is 2.25. The molecule has 2 rings (SSSR count). The zero-order chi connectivity index (χ0) is 12.6. The van der Waals surface area contributed by atoms with E-state index in [-0.39, 0.29) is 5.91 Å². The molecule has 3 nitrogen and oxygen atoms in total. The Kier molecular flexibility index (Phi) is 4.90. The third-order valence-corrected chi connectivity index (χ3v) is 3.37. The van der Waals surface area contributed by atoms with Crippen molar-refractivity contribution in [2.45, 2.75) is 5.75 Å². The fourth-order valence-electron chi connectivity index (χ4n) is 1.50. The van der Waals surface area contributed by atoms with Crippen LogP contribution in [0, 0.1) is 0 Å². The number of carbonyl (C=O) groups is 1. The molecule has 1 aromatic heterocycles. The van der Waals surface area contributed by atoms with Gasteiger partial charge in [-0.25, -0.2) is 0 Å². The molecule has 0 fully saturated rings. The predicted molar refractivity (Wildman–Crippen MR) is 73.6 cm³/mol. The van der Waals surface area contributed by atoms with Crippen LogP contribution in [0.3, 0.4) is 0 Å². The van der Waals surface area contributed by atoms with E-state index in [0.717, 1.165) is 17.3 Å². The molecule has 1 amide bonds. The summed E-state index contributed by atoms with van der Waals surface area (Å²) in [6.45, 7) is 0.666. The molecule has 1 aromatic carbocycles. The van der Waals surface area contributed by atoms with Gasteiger partial charge in [0.15, 0.2) is 0 Å². The monoisotopic (exact) mass is 261 g/mol. The highest BCUT2D eigenvalue weighted by atomic mass is 32.2. The second kappa shape index (κ2) is 6.91. The third kappa shape index (κ3) is 3.96.